The van der Waals surface area contributed by atoms with E-state index in [0.29, 0.717) is 12.4 Å². The number of morpholine rings is 1. The Hall–Kier alpha value is -2.59. The third-order valence-corrected chi connectivity index (χ3v) is 6.06. The molecule has 2 fully saturated rings. The highest BCUT2D eigenvalue weighted by molar-refractivity contribution is 9.10. The van der Waals surface area contributed by atoms with Crippen molar-refractivity contribution in [3.63, 3.8) is 0 Å². The molecule has 0 radical (unpaired) electrons. The average Bonchev–Trinajstić information content (AvgIpc) is 3.25. The van der Waals surface area contributed by atoms with Gasteiger partial charge in [0.2, 0.25) is 0 Å². The molecule has 0 saturated carbocycles. The number of non-ortho nitro benzene ring substituents is 1. The lowest BCUT2D eigenvalue weighted by atomic mass is 10.2. The monoisotopic (exact) mass is 458 g/mol. The second-order valence-electron chi connectivity index (χ2n) is 7.34. The number of ether oxygens (including phenoxy) is 1. The number of benzene rings is 1. The van der Waals surface area contributed by atoms with Gasteiger partial charge in [-0.05, 0) is 47.8 Å². The largest absolute Gasteiger partial charge is 0.371 e. The van der Waals surface area contributed by atoms with E-state index in [1.54, 1.807) is 12.1 Å². The minimum atomic E-state index is -0.411. The SMILES string of the molecule is CCn1nc(Br)c2c(N3CC4CCC(C3)O4)nc(-c3ccc([N+](=O)[O-])cc3)nc21. The summed E-state index contributed by atoms with van der Waals surface area (Å²) in [5.41, 5.74) is 1.52. The number of hydrogen-bond acceptors (Lipinski definition) is 7. The third-order valence-electron chi connectivity index (χ3n) is 5.51. The lowest BCUT2D eigenvalue weighted by Crippen LogP contribution is -2.43. The normalized spacial score (nSPS) is 21.1. The Kier molecular flexibility index (Phi) is 4.47. The molecule has 1 aromatic carbocycles. The Labute approximate surface area is 175 Å². The van der Waals surface area contributed by atoms with Gasteiger partial charge in [-0.25, -0.2) is 14.6 Å². The van der Waals surface area contributed by atoms with Crippen molar-refractivity contribution >= 4 is 38.5 Å². The predicted molar refractivity (Wildman–Crippen MR) is 111 cm³/mol. The zero-order valence-electron chi connectivity index (χ0n) is 15.8. The van der Waals surface area contributed by atoms with Crippen molar-refractivity contribution < 1.29 is 9.66 Å². The Bertz CT molecular complexity index is 1090. The zero-order valence-corrected chi connectivity index (χ0v) is 17.4. The first kappa shape index (κ1) is 18.4. The fourth-order valence-corrected chi connectivity index (χ4v) is 4.66. The number of fused-ring (bicyclic) bond motifs is 3. The first-order valence-corrected chi connectivity index (χ1v) is 10.4. The van der Waals surface area contributed by atoms with Crippen molar-refractivity contribution in [3.8, 4) is 11.4 Å². The summed E-state index contributed by atoms with van der Waals surface area (Å²) < 4.78 is 8.55. The van der Waals surface area contributed by atoms with Gasteiger partial charge in [0.25, 0.3) is 5.69 Å². The molecular formula is C19H19BrN6O3. The second-order valence-corrected chi connectivity index (χ2v) is 8.09. The van der Waals surface area contributed by atoms with E-state index in [0.717, 1.165) is 52.9 Å². The molecule has 2 unspecified atom stereocenters. The van der Waals surface area contributed by atoms with Crippen LogP contribution in [0.3, 0.4) is 0 Å². The number of hydrogen-bond donors (Lipinski definition) is 0. The standard InChI is InChI=1S/C19H19BrN6O3/c1-2-25-19-15(16(20)23-25)18(24-9-13-7-8-14(10-24)29-13)21-17(22-19)11-3-5-12(6-4-11)26(27)28/h3-6,13-14H,2,7-10H2,1H3. The zero-order chi connectivity index (χ0) is 20.1. The van der Waals surface area contributed by atoms with Gasteiger partial charge in [-0.15, -0.1) is 0 Å². The van der Waals surface area contributed by atoms with Gasteiger partial charge in [-0.1, -0.05) is 0 Å². The van der Waals surface area contributed by atoms with Gasteiger partial charge < -0.3 is 9.64 Å². The molecule has 2 bridgehead atoms. The van der Waals surface area contributed by atoms with Crippen LogP contribution in [0, 0.1) is 10.1 Å². The maximum absolute atomic E-state index is 11.0. The van der Waals surface area contributed by atoms with Crippen molar-refractivity contribution in [1.29, 1.82) is 0 Å². The quantitative estimate of drug-likeness (QED) is 0.435. The number of nitrogens with zero attached hydrogens (tertiary/aromatic N) is 6. The van der Waals surface area contributed by atoms with Gasteiger partial charge in [0.05, 0.1) is 22.5 Å². The smallest absolute Gasteiger partial charge is 0.269 e. The summed E-state index contributed by atoms with van der Waals surface area (Å²) in [5.74, 6) is 1.36. The summed E-state index contributed by atoms with van der Waals surface area (Å²) in [6.07, 6.45) is 2.59. The third kappa shape index (κ3) is 3.16. The van der Waals surface area contributed by atoms with E-state index in [4.69, 9.17) is 14.7 Å². The summed E-state index contributed by atoms with van der Waals surface area (Å²) in [5, 5.41) is 16.4. The van der Waals surface area contributed by atoms with E-state index in [2.05, 4.69) is 25.9 Å². The minimum absolute atomic E-state index is 0.0427. The van der Waals surface area contributed by atoms with Crippen LogP contribution in [-0.4, -0.2) is 50.0 Å². The van der Waals surface area contributed by atoms with E-state index in [-0.39, 0.29) is 17.9 Å². The molecule has 9 nitrogen and oxygen atoms in total. The first-order valence-electron chi connectivity index (χ1n) is 9.62. The van der Waals surface area contributed by atoms with Crippen LogP contribution in [0.15, 0.2) is 28.9 Å². The van der Waals surface area contributed by atoms with E-state index >= 15 is 0 Å². The van der Waals surface area contributed by atoms with Crippen LogP contribution in [0.2, 0.25) is 0 Å². The van der Waals surface area contributed by atoms with Crippen molar-refractivity contribution in [2.24, 2.45) is 0 Å². The molecule has 10 heteroatoms. The highest BCUT2D eigenvalue weighted by Crippen LogP contribution is 2.36. The lowest BCUT2D eigenvalue weighted by Gasteiger charge is -2.33. The van der Waals surface area contributed by atoms with Gasteiger partial charge in [-0.2, -0.15) is 5.10 Å². The highest BCUT2D eigenvalue weighted by atomic mass is 79.9. The minimum Gasteiger partial charge on any atom is -0.371 e. The van der Waals surface area contributed by atoms with Crippen molar-refractivity contribution in [2.45, 2.75) is 38.5 Å². The van der Waals surface area contributed by atoms with E-state index in [1.807, 2.05) is 11.6 Å². The molecule has 150 valence electrons. The molecule has 3 aromatic rings. The Morgan fingerprint density at radius 3 is 2.52 bits per heavy atom. The molecule has 2 atom stereocenters. The van der Waals surface area contributed by atoms with Crippen molar-refractivity contribution in [1.82, 2.24) is 19.7 Å². The molecule has 2 aromatic heterocycles. The number of nitro groups is 1. The van der Waals surface area contributed by atoms with Crippen LogP contribution >= 0.6 is 15.9 Å². The number of aryl methyl sites for hydroxylation is 1. The topological polar surface area (TPSA) is 99.2 Å². The molecular weight excluding hydrogens is 440 g/mol. The van der Waals surface area contributed by atoms with Crippen LogP contribution in [0.25, 0.3) is 22.4 Å². The van der Waals surface area contributed by atoms with Crippen LogP contribution in [-0.2, 0) is 11.3 Å². The summed E-state index contributed by atoms with van der Waals surface area (Å²) in [7, 11) is 0. The van der Waals surface area contributed by atoms with Crippen LogP contribution in [0.5, 0.6) is 0 Å². The number of aromatic nitrogens is 4. The van der Waals surface area contributed by atoms with Gasteiger partial charge in [0.15, 0.2) is 11.5 Å². The maximum atomic E-state index is 11.0. The molecule has 0 aliphatic carbocycles. The fourth-order valence-electron chi connectivity index (χ4n) is 4.11. The summed E-state index contributed by atoms with van der Waals surface area (Å²) in [4.78, 5) is 22.5. The fraction of sp³-hybridized carbons (Fsp3) is 0.421. The van der Waals surface area contributed by atoms with Gasteiger partial charge >= 0.3 is 0 Å². The lowest BCUT2D eigenvalue weighted by molar-refractivity contribution is -0.384. The Morgan fingerprint density at radius 2 is 1.90 bits per heavy atom. The van der Waals surface area contributed by atoms with E-state index < -0.39 is 4.92 Å². The molecule has 0 N–H and O–H groups in total. The molecule has 2 saturated heterocycles. The molecule has 4 heterocycles. The average molecular weight is 459 g/mol. The van der Waals surface area contributed by atoms with Crippen LogP contribution < -0.4 is 4.90 Å². The second kappa shape index (κ2) is 7.03. The van der Waals surface area contributed by atoms with Gasteiger partial charge in [-0.3, -0.25) is 10.1 Å². The van der Waals surface area contributed by atoms with Gasteiger partial charge in [0, 0.05) is 37.3 Å². The summed E-state index contributed by atoms with van der Waals surface area (Å²) in [6.45, 7) is 4.26. The number of nitro benzene ring substituents is 1. The summed E-state index contributed by atoms with van der Waals surface area (Å²) >= 11 is 3.58. The van der Waals surface area contributed by atoms with Gasteiger partial charge in [0.1, 0.15) is 10.4 Å². The van der Waals surface area contributed by atoms with Crippen LogP contribution in [0.4, 0.5) is 11.5 Å². The molecule has 29 heavy (non-hydrogen) atoms. The van der Waals surface area contributed by atoms with E-state index in [1.165, 1.54) is 12.1 Å². The molecule has 0 amide bonds. The van der Waals surface area contributed by atoms with Crippen LogP contribution in [0.1, 0.15) is 19.8 Å². The molecule has 0 spiro atoms. The predicted octanol–water partition coefficient (Wildman–Crippen LogP) is 3.55. The molecule has 2 aliphatic rings. The number of rotatable bonds is 4. The molecule has 5 rings (SSSR count). The maximum Gasteiger partial charge on any atom is 0.269 e. The highest BCUT2D eigenvalue weighted by Gasteiger charge is 2.35. The Balaban J connectivity index is 1.66. The van der Waals surface area contributed by atoms with Crippen molar-refractivity contribution in [2.75, 3.05) is 18.0 Å². The van der Waals surface area contributed by atoms with Crippen molar-refractivity contribution in [3.05, 3.63) is 39.0 Å². The summed E-state index contributed by atoms with van der Waals surface area (Å²) in [6, 6.07) is 6.33. The first-order chi connectivity index (χ1) is 14.0. The number of halogens is 1. The van der Waals surface area contributed by atoms with E-state index in [9.17, 15) is 10.1 Å². The Morgan fingerprint density at radius 1 is 1.21 bits per heavy atom. The molecule has 2 aliphatic heterocycles. The number of anilines is 1.